The lowest BCUT2D eigenvalue weighted by Crippen LogP contribution is -2.47. The normalized spacial score (nSPS) is 20.0. The molecule has 0 spiro atoms. The molecule has 2 aliphatic rings. The van der Waals surface area contributed by atoms with Crippen LogP contribution in [0.2, 0.25) is 0 Å². The molecule has 41 heavy (non-hydrogen) atoms. The maximum Gasteiger partial charge on any atom is 0.419 e. The number of carbonyl (C=O) groups is 2. The first-order valence-electron chi connectivity index (χ1n) is 13.6. The third kappa shape index (κ3) is 6.39. The van der Waals surface area contributed by atoms with E-state index < -0.39 is 29.5 Å². The van der Waals surface area contributed by atoms with Crippen LogP contribution in [0.1, 0.15) is 56.0 Å². The molecular weight excluding hydrogens is 541 g/mol. The Kier molecular flexibility index (Phi) is 7.58. The smallest absolute Gasteiger partial charge is 0.419 e. The number of carbonyl (C=O) groups excluding carboxylic acids is 2. The number of likely N-dealkylation sites (tertiary alicyclic amines) is 2. The number of rotatable bonds is 4. The van der Waals surface area contributed by atoms with Gasteiger partial charge in [0.1, 0.15) is 11.2 Å². The Morgan fingerprint density at radius 3 is 2.59 bits per heavy atom. The molecular formula is C28H33F3N6O4. The zero-order valence-electron chi connectivity index (χ0n) is 23.1. The van der Waals surface area contributed by atoms with E-state index in [0.717, 1.165) is 6.20 Å². The van der Waals surface area contributed by atoms with Crippen molar-refractivity contribution >= 4 is 28.9 Å². The first kappa shape index (κ1) is 28.7. The molecule has 0 aliphatic carbocycles. The number of aliphatic hydroxyl groups is 1. The lowest BCUT2D eigenvalue weighted by molar-refractivity contribution is -0.137. The summed E-state index contributed by atoms with van der Waals surface area (Å²) in [6, 6.07) is 4.47. The molecule has 13 heteroatoms. The predicted octanol–water partition coefficient (Wildman–Crippen LogP) is 4.66. The largest absolute Gasteiger partial charge is 0.444 e. The highest BCUT2D eigenvalue weighted by atomic mass is 19.4. The number of hydrogen-bond acceptors (Lipinski definition) is 7. The van der Waals surface area contributed by atoms with Crippen LogP contribution in [0.4, 0.5) is 23.9 Å². The van der Waals surface area contributed by atoms with Crippen molar-refractivity contribution in [1.82, 2.24) is 24.8 Å². The second-order valence-electron chi connectivity index (χ2n) is 11.5. The zero-order valence-corrected chi connectivity index (χ0v) is 23.1. The van der Waals surface area contributed by atoms with Crippen LogP contribution in [0.25, 0.3) is 22.2 Å². The summed E-state index contributed by atoms with van der Waals surface area (Å²) in [4.78, 5) is 39.7. The van der Waals surface area contributed by atoms with Crippen molar-refractivity contribution in [3.05, 3.63) is 41.7 Å². The summed E-state index contributed by atoms with van der Waals surface area (Å²) in [5, 5.41) is 13.3. The molecule has 0 saturated carbocycles. The third-order valence-corrected chi connectivity index (χ3v) is 7.13. The number of fused-ring (bicyclic) bond motifs is 1. The zero-order chi connectivity index (χ0) is 29.5. The Morgan fingerprint density at radius 1 is 1.12 bits per heavy atom. The molecule has 4 heterocycles. The Hall–Kier alpha value is -3.87. The molecule has 10 nitrogen and oxygen atoms in total. The van der Waals surface area contributed by atoms with Gasteiger partial charge in [0.25, 0.3) is 5.91 Å². The van der Waals surface area contributed by atoms with E-state index in [4.69, 9.17) is 4.74 Å². The lowest BCUT2D eigenvalue weighted by atomic mass is 10.0. The second kappa shape index (κ2) is 10.8. The minimum atomic E-state index is -4.71. The van der Waals surface area contributed by atoms with E-state index in [0.29, 0.717) is 55.4 Å². The quantitative estimate of drug-likeness (QED) is 0.414. The van der Waals surface area contributed by atoms with Gasteiger partial charge < -0.3 is 29.9 Å². The summed E-state index contributed by atoms with van der Waals surface area (Å²) < 4.78 is 47.6. The van der Waals surface area contributed by atoms with Crippen molar-refractivity contribution in [2.24, 2.45) is 0 Å². The highest BCUT2D eigenvalue weighted by Gasteiger charge is 2.37. The molecule has 2 aliphatic heterocycles. The average Bonchev–Trinajstić information content (AvgIpc) is 3.52. The van der Waals surface area contributed by atoms with Gasteiger partial charge in [-0.1, -0.05) is 6.07 Å². The number of nitrogens with one attached hydrogen (secondary N) is 2. The van der Waals surface area contributed by atoms with Gasteiger partial charge in [-0.2, -0.15) is 13.2 Å². The molecule has 2 atom stereocenters. The highest BCUT2D eigenvalue weighted by molar-refractivity contribution is 6.02. The van der Waals surface area contributed by atoms with E-state index in [2.05, 4.69) is 20.3 Å². The summed E-state index contributed by atoms with van der Waals surface area (Å²) >= 11 is 0. The van der Waals surface area contributed by atoms with Crippen molar-refractivity contribution in [1.29, 1.82) is 0 Å². The molecule has 0 unspecified atom stereocenters. The molecule has 220 valence electrons. The number of piperidine rings is 1. The minimum Gasteiger partial charge on any atom is -0.444 e. The van der Waals surface area contributed by atoms with E-state index >= 15 is 0 Å². The first-order chi connectivity index (χ1) is 19.3. The van der Waals surface area contributed by atoms with Gasteiger partial charge in [-0.25, -0.2) is 14.8 Å². The van der Waals surface area contributed by atoms with E-state index in [-0.39, 0.29) is 35.7 Å². The molecule has 2 fully saturated rings. The number of amides is 2. The number of benzene rings is 1. The topological polar surface area (TPSA) is 124 Å². The van der Waals surface area contributed by atoms with Crippen molar-refractivity contribution in [2.75, 3.05) is 31.5 Å². The van der Waals surface area contributed by atoms with Crippen molar-refractivity contribution in [3.8, 4) is 11.3 Å². The monoisotopic (exact) mass is 574 g/mol. The van der Waals surface area contributed by atoms with E-state index in [1.807, 2.05) is 0 Å². The third-order valence-electron chi connectivity index (χ3n) is 7.13. The van der Waals surface area contributed by atoms with Gasteiger partial charge >= 0.3 is 12.3 Å². The van der Waals surface area contributed by atoms with Crippen LogP contribution < -0.4 is 5.32 Å². The summed E-state index contributed by atoms with van der Waals surface area (Å²) in [7, 11) is 0. The van der Waals surface area contributed by atoms with Gasteiger partial charge in [0.15, 0.2) is 0 Å². The maximum atomic E-state index is 14.0. The van der Waals surface area contributed by atoms with Crippen molar-refractivity contribution in [3.63, 3.8) is 0 Å². The van der Waals surface area contributed by atoms with Gasteiger partial charge in [0.2, 0.25) is 5.95 Å². The molecule has 5 rings (SSSR count). The fourth-order valence-corrected chi connectivity index (χ4v) is 5.20. The molecule has 1 aromatic carbocycles. The van der Waals surface area contributed by atoms with E-state index in [1.54, 1.807) is 48.8 Å². The van der Waals surface area contributed by atoms with Gasteiger partial charge in [0, 0.05) is 66.6 Å². The van der Waals surface area contributed by atoms with E-state index in [1.165, 1.54) is 6.20 Å². The second-order valence-corrected chi connectivity index (χ2v) is 11.5. The van der Waals surface area contributed by atoms with Crippen LogP contribution in [-0.2, 0) is 10.9 Å². The summed E-state index contributed by atoms with van der Waals surface area (Å²) in [6.45, 7) is 6.85. The molecule has 2 amide bonds. The van der Waals surface area contributed by atoms with Crippen LogP contribution in [0.15, 0.2) is 30.6 Å². The van der Waals surface area contributed by atoms with E-state index in [9.17, 15) is 27.9 Å². The van der Waals surface area contributed by atoms with Crippen molar-refractivity contribution in [2.45, 2.75) is 64.0 Å². The number of aromatic nitrogens is 3. The summed E-state index contributed by atoms with van der Waals surface area (Å²) in [6.07, 6.45) is -1.65. The number of aliphatic hydroxyl groups excluding tert-OH is 1. The van der Waals surface area contributed by atoms with Gasteiger partial charge in [0.05, 0.1) is 11.8 Å². The van der Waals surface area contributed by atoms with Crippen LogP contribution in [-0.4, -0.2) is 85.8 Å². The molecule has 0 bridgehead atoms. The number of H-pyrrole nitrogens is 1. The lowest BCUT2D eigenvalue weighted by Gasteiger charge is -2.34. The fourth-order valence-electron chi connectivity index (χ4n) is 5.20. The number of hydrogen-bond donors (Lipinski definition) is 3. The number of nitrogens with zero attached hydrogens (tertiary/aromatic N) is 4. The summed E-state index contributed by atoms with van der Waals surface area (Å²) in [5.41, 5.74) is -0.878. The standard InChI is InChI=1S/C28H33F3N6O4/c1-27(2,3)41-26(40)37-9-4-5-17(14-37)34-25-33-13-21(28(29,30)31)23(35-25)20-12-32-22-11-16(6-7-19(20)22)24(39)36-10-8-18(38)15-36/h6-7,11-13,17-18,32,38H,4-5,8-10,14-15H2,1-3H3,(H,33,34,35)/t17-,18+/m0/s1. The first-order valence-corrected chi connectivity index (χ1v) is 13.6. The maximum absolute atomic E-state index is 14.0. The van der Waals surface area contributed by atoms with Gasteiger partial charge in [-0.05, 0) is 52.2 Å². The van der Waals surface area contributed by atoms with Gasteiger partial charge in [-0.3, -0.25) is 4.79 Å². The number of alkyl halides is 3. The summed E-state index contributed by atoms with van der Waals surface area (Å²) in [5.74, 6) is -0.241. The molecule has 3 aromatic rings. The molecule has 3 N–H and O–H groups in total. The highest BCUT2D eigenvalue weighted by Crippen LogP contribution is 2.39. The molecule has 2 aromatic heterocycles. The molecule has 2 saturated heterocycles. The SMILES string of the molecule is CC(C)(C)OC(=O)N1CCC[C@H](Nc2ncc(C(F)(F)F)c(-c3c[nH]c4cc(C(=O)N5CC[C@@H](O)C5)ccc34)n2)C1. The number of anilines is 1. The number of halogens is 3. The number of β-amino-alcohol motifs (C(OH)–C–C–N with tert-alkyl or cyclic N) is 1. The Morgan fingerprint density at radius 2 is 1.90 bits per heavy atom. The Bertz CT molecular complexity index is 1450. The van der Waals surface area contributed by atoms with Gasteiger partial charge in [-0.15, -0.1) is 0 Å². The van der Waals surface area contributed by atoms with Crippen LogP contribution in [0.5, 0.6) is 0 Å². The Balaban J connectivity index is 1.41. The predicted molar refractivity (Wildman–Crippen MR) is 145 cm³/mol. The van der Waals surface area contributed by atoms with Crippen LogP contribution >= 0.6 is 0 Å². The molecule has 0 radical (unpaired) electrons. The van der Waals surface area contributed by atoms with Crippen LogP contribution in [0.3, 0.4) is 0 Å². The van der Waals surface area contributed by atoms with Crippen molar-refractivity contribution < 1.29 is 32.6 Å². The van der Waals surface area contributed by atoms with Crippen LogP contribution in [0, 0.1) is 0 Å². The fraction of sp³-hybridized carbons (Fsp3) is 0.500. The minimum absolute atomic E-state index is 0.0118. The number of aromatic amines is 1. The average molecular weight is 575 g/mol. The Labute approximate surface area is 234 Å². The number of ether oxygens (including phenoxy) is 1.